The molecule has 21 heavy (non-hydrogen) atoms. The quantitative estimate of drug-likeness (QED) is 0.848. The Morgan fingerprint density at radius 1 is 1.33 bits per heavy atom. The van der Waals surface area contributed by atoms with Crippen molar-refractivity contribution in [2.45, 2.75) is 58.0 Å². The van der Waals surface area contributed by atoms with Crippen LogP contribution in [0.4, 0.5) is 0 Å². The number of aromatic nitrogens is 2. The van der Waals surface area contributed by atoms with Crippen LogP contribution in [-0.2, 0) is 6.54 Å². The van der Waals surface area contributed by atoms with Gasteiger partial charge in [0, 0.05) is 19.1 Å². The van der Waals surface area contributed by atoms with E-state index in [0.717, 1.165) is 25.7 Å². The third kappa shape index (κ3) is 3.58. The molecule has 118 valence electrons. The van der Waals surface area contributed by atoms with Gasteiger partial charge in [0.1, 0.15) is 5.15 Å². The van der Waals surface area contributed by atoms with Gasteiger partial charge in [-0.05, 0) is 39.7 Å². The fourth-order valence-electron chi connectivity index (χ4n) is 2.85. The number of nitrogens with one attached hydrogen (secondary N) is 1. The highest BCUT2D eigenvalue weighted by Crippen LogP contribution is 2.34. The van der Waals surface area contributed by atoms with Gasteiger partial charge in [0.25, 0.3) is 5.56 Å². The molecule has 1 aliphatic carbocycles. The number of aromatic amines is 1. The smallest absolute Gasteiger partial charge is 0.302 e. The number of H-pyrrole nitrogens is 1. The molecular formula is C15H24ClN3O2. The molecular weight excluding hydrogens is 290 g/mol. The standard InChI is InChI=1S/C15H24ClN3O2/c1-10(2)18(3)8-9-19-14(20)12(11-6-4-5-7-11)13(16)17-15(19)21/h10-11H,4-9H2,1-3H3,(H,17,21). The van der Waals surface area contributed by atoms with Crippen molar-refractivity contribution >= 4 is 11.6 Å². The molecule has 5 nitrogen and oxygen atoms in total. The minimum Gasteiger partial charge on any atom is -0.302 e. The van der Waals surface area contributed by atoms with Crippen molar-refractivity contribution in [3.05, 3.63) is 31.6 Å². The number of likely N-dealkylation sites (N-methyl/N-ethyl adjacent to an activating group) is 1. The summed E-state index contributed by atoms with van der Waals surface area (Å²) in [6, 6.07) is 0.376. The summed E-state index contributed by atoms with van der Waals surface area (Å²) in [6.45, 7) is 5.21. The van der Waals surface area contributed by atoms with Gasteiger partial charge in [-0.25, -0.2) is 4.79 Å². The number of nitrogens with zero attached hydrogens (tertiary/aromatic N) is 2. The van der Waals surface area contributed by atoms with Gasteiger partial charge in [-0.2, -0.15) is 0 Å². The van der Waals surface area contributed by atoms with Crippen LogP contribution in [0.15, 0.2) is 9.59 Å². The lowest BCUT2D eigenvalue weighted by molar-refractivity contribution is 0.260. The largest absolute Gasteiger partial charge is 0.329 e. The summed E-state index contributed by atoms with van der Waals surface area (Å²) < 4.78 is 1.29. The van der Waals surface area contributed by atoms with Crippen LogP contribution in [0, 0.1) is 0 Å². The van der Waals surface area contributed by atoms with Crippen molar-refractivity contribution in [1.82, 2.24) is 14.5 Å². The van der Waals surface area contributed by atoms with Crippen LogP contribution in [0.3, 0.4) is 0 Å². The highest BCUT2D eigenvalue weighted by atomic mass is 35.5. The van der Waals surface area contributed by atoms with E-state index in [2.05, 4.69) is 23.7 Å². The van der Waals surface area contributed by atoms with Crippen LogP contribution >= 0.6 is 11.6 Å². The monoisotopic (exact) mass is 313 g/mol. The second-order valence-electron chi connectivity index (χ2n) is 6.17. The van der Waals surface area contributed by atoms with E-state index in [1.165, 1.54) is 4.57 Å². The highest BCUT2D eigenvalue weighted by Gasteiger charge is 2.25. The normalized spacial score (nSPS) is 16.3. The van der Waals surface area contributed by atoms with E-state index in [1.54, 1.807) is 0 Å². The maximum absolute atomic E-state index is 12.6. The Morgan fingerprint density at radius 3 is 2.52 bits per heavy atom. The van der Waals surface area contributed by atoms with E-state index in [9.17, 15) is 9.59 Å². The van der Waals surface area contributed by atoms with E-state index in [0.29, 0.717) is 24.7 Å². The molecule has 0 aliphatic heterocycles. The van der Waals surface area contributed by atoms with Crippen molar-refractivity contribution in [1.29, 1.82) is 0 Å². The second-order valence-corrected chi connectivity index (χ2v) is 6.55. The molecule has 0 aromatic carbocycles. The maximum atomic E-state index is 12.6. The van der Waals surface area contributed by atoms with Gasteiger partial charge in [-0.15, -0.1) is 0 Å². The average Bonchev–Trinajstić information content (AvgIpc) is 2.91. The molecule has 1 fully saturated rings. The van der Waals surface area contributed by atoms with Gasteiger partial charge < -0.3 is 4.90 Å². The zero-order chi connectivity index (χ0) is 15.6. The first-order valence-electron chi connectivity index (χ1n) is 7.64. The maximum Gasteiger partial charge on any atom is 0.329 e. The van der Waals surface area contributed by atoms with Crippen molar-refractivity contribution in [2.75, 3.05) is 13.6 Å². The molecule has 0 radical (unpaired) electrons. The molecule has 0 atom stereocenters. The van der Waals surface area contributed by atoms with Gasteiger partial charge in [-0.3, -0.25) is 14.3 Å². The SMILES string of the molecule is CC(C)N(C)CCn1c(=O)[nH]c(Cl)c(C2CCCC2)c1=O. The third-order valence-corrected chi connectivity index (χ3v) is 4.79. The molecule has 6 heteroatoms. The average molecular weight is 314 g/mol. The number of hydrogen-bond acceptors (Lipinski definition) is 3. The van der Waals surface area contributed by atoms with E-state index in [4.69, 9.17) is 11.6 Å². The Hall–Kier alpha value is -1.07. The second kappa shape index (κ2) is 6.79. The Balaban J connectivity index is 2.31. The minimum absolute atomic E-state index is 0.191. The molecule has 1 N–H and O–H groups in total. The first kappa shape index (κ1) is 16.3. The Morgan fingerprint density at radius 2 is 1.95 bits per heavy atom. The number of hydrogen-bond donors (Lipinski definition) is 1. The van der Waals surface area contributed by atoms with Crippen molar-refractivity contribution < 1.29 is 0 Å². The van der Waals surface area contributed by atoms with Crippen molar-refractivity contribution in [3.8, 4) is 0 Å². The molecule has 0 unspecified atom stereocenters. The van der Waals surface area contributed by atoms with Gasteiger partial charge in [0.2, 0.25) is 0 Å². The first-order valence-corrected chi connectivity index (χ1v) is 8.02. The number of halogens is 1. The van der Waals surface area contributed by atoms with E-state index < -0.39 is 5.69 Å². The molecule has 0 saturated heterocycles. The van der Waals surface area contributed by atoms with Gasteiger partial charge in [0.05, 0.1) is 5.56 Å². The fraction of sp³-hybridized carbons (Fsp3) is 0.733. The number of rotatable bonds is 5. The molecule has 0 spiro atoms. The predicted octanol–water partition coefficient (Wildman–Crippen LogP) is 2.19. The lowest BCUT2D eigenvalue weighted by Crippen LogP contribution is -2.41. The van der Waals surface area contributed by atoms with Crippen LogP contribution in [0.2, 0.25) is 5.15 Å². The van der Waals surface area contributed by atoms with E-state index in [-0.39, 0.29) is 16.6 Å². The molecule has 1 aromatic rings. The highest BCUT2D eigenvalue weighted by molar-refractivity contribution is 6.30. The summed E-state index contributed by atoms with van der Waals surface area (Å²) in [4.78, 5) is 29.4. The molecule has 0 bridgehead atoms. The summed E-state index contributed by atoms with van der Waals surface area (Å²) in [5.74, 6) is 0.191. The fourth-order valence-corrected chi connectivity index (χ4v) is 3.16. The molecule has 2 rings (SSSR count). The van der Waals surface area contributed by atoms with Gasteiger partial charge in [0.15, 0.2) is 0 Å². The molecule has 1 aliphatic rings. The molecule has 0 amide bonds. The lowest BCUT2D eigenvalue weighted by atomic mass is 10.0. The van der Waals surface area contributed by atoms with Crippen LogP contribution in [0.5, 0.6) is 0 Å². The van der Waals surface area contributed by atoms with Crippen LogP contribution in [0.1, 0.15) is 51.0 Å². The zero-order valence-corrected chi connectivity index (χ0v) is 13.7. The molecule has 1 heterocycles. The third-order valence-electron chi connectivity index (χ3n) is 4.50. The van der Waals surface area contributed by atoms with Crippen molar-refractivity contribution in [3.63, 3.8) is 0 Å². The Bertz CT molecular complexity index is 600. The summed E-state index contributed by atoms with van der Waals surface area (Å²) in [5, 5.41) is 0.227. The minimum atomic E-state index is -0.413. The Kier molecular flexibility index (Phi) is 5.27. The molecule has 1 aromatic heterocycles. The van der Waals surface area contributed by atoms with Gasteiger partial charge in [-0.1, -0.05) is 24.4 Å². The zero-order valence-electron chi connectivity index (χ0n) is 13.0. The summed E-state index contributed by atoms with van der Waals surface area (Å²) >= 11 is 6.12. The van der Waals surface area contributed by atoms with Crippen LogP contribution < -0.4 is 11.2 Å². The summed E-state index contributed by atoms with van der Waals surface area (Å²) in [6.07, 6.45) is 4.20. The first-order chi connectivity index (χ1) is 9.91. The van der Waals surface area contributed by atoms with Gasteiger partial charge >= 0.3 is 5.69 Å². The van der Waals surface area contributed by atoms with Crippen LogP contribution in [-0.4, -0.2) is 34.1 Å². The summed E-state index contributed by atoms with van der Waals surface area (Å²) in [7, 11) is 1.98. The molecule has 1 saturated carbocycles. The van der Waals surface area contributed by atoms with Crippen LogP contribution in [0.25, 0.3) is 0 Å². The van der Waals surface area contributed by atoms with E-state index in [1.807, 2.05) is 7.05 Å². The topological polar surface area (TPSA) is 58.1 Å². The van der Waals surface area contributed by atoms with Crippen molar-refractivity contribution in [2.24, 2.45) is 0 Å². The lowest BCUT2D eigenvalue weighted by Gasteiger charge is -2.21. The predicted molar refractivity (Wildman–Crippen MR) is 85.3 cm³/mol. The van der Waals surface area contributed by atoms with E-state index >= 15 is 0 Å². The Labute approximate surface area is 129 Å². The summed E-state index contributed by atoms with van der Waals surface area (Å²) in [5.41, 5.74) is -0.0299.